The number of carbonyl (C=O) groups excluding carboxylic acids is 1. The number of hydrogen-bond donors (Lipinski definition) is 1. The number of benzene rings is 1. The van der Waals surface area contributed by atoms with Crippen molar-refractivity contribution in [1.29, 1.82) is 0 Å². The van der Waals surface area contributed by atoms with E-state index in [0.717, 1.165) is 16.5 Å². The second-order valence-corrected chi connectivity index (χ2v) is 8.03. The summed E-state index contributed by atoms with van der Waals surface area (Å²) in [5, 5.41) is 5.62. The fourth-order valence-electron chi connectivity index (χ4n) is 3.18. The third kappa shape index (κ3) is 3.37. The van der Waals surface area contributed by atoms with Crippen molar-refractivity contribution in [1.82, 2.24) is 9.47 Å². The van der Waals surface area contributed by atoms with Crippen molar-refractivity contribution in [3.63, 3.8) is 0 Å². The first-order valence-corrected chi connectivity index (χ1v) is 9.50. The Balaban J connectivity index is 1.77. The first kappa shape index (κ1) is 16.7. The molecule has 1 fully saturated rings. The van der Waals surface area contributed by atoms with Crippen molar-refractivity contribution in [3.8, 4) is 0 Å². The molecule has 1 atom stereocenters. The Morgan fingerprint density at radius 3 is 2.83 bits per heavy atom. The number of rotatable bonds is 3. The van der Waals surface area contributed by atoms with Crippen molar-refractivity contribution in [2.75, 3.05) is 13.1 Å². The highest BCUT2D eigenvalue weighted by atomic mass is 32.2. The van der Waals surface area contributed by atoms with E-state index in [9.17, 15) is 13.2 Å². The summed E-state index contributed by atoms with van der Waals surface area (Å²) >= 11 is 0. The van der Waals surface area contributed by atoms with Crippen molar-refractivity contribution in [3.05, 3.63) is 42.1 Å². The first-order chi connectivity index (χ1) is 11.4. The lowest BCUT2D eigenvalue weighted by atomic mass is 10.1. The topological polar surface area (TPSA) is 85.4 Å². The van der Waals surface area contributed by atoms with Gasteiger partial charge in [-0.3, -0.25) is 4.79 Å². The highest BCUT2D eigenvalue weighted by Crippen LogP contribution is 2.22. The molecule has 1 aromatic carbocycles. The van der Waals surface area contributed by atoms with Crippen LogP contribution in [0, 0.1) is 0 Å². The number of aromatic nitrogens is 1. The van der Waals surface area contributed by atoms with Gasteiger partial charge < -0.3 is 9.47 Å². The van der Waals surface area contributed by atoms with Crippen LogP contribution >= 0.6 is 0 Å². The van der Waals surface area contributed by atoms with E-state index in [4.69, 9.17) is 5.14 Å². The van der Waals surface area contributed by atoms with Gasteiger partial charge in [0.25, 0.3) is 0 Å². The number of amides is 1. The quantitative estimate of drug-likeness (QED) is 0.853. The number of likely N-dealkylation sites (tertiary alicyclic amines) is 1. The lowest BCUT2D eigenvalue weighted by molar-refractivity contribution is -0.126. The zero-order valence-corrected chi connectivity index (χ0v) is 14.4. The number of fused-ring (bicyclic) bond motifs is 1. The molecule has 0 aliphatic carbocycles. The van der Waals surface area contributed by atoms with Crippen LogP contribution in [0.25, 0.3) is 17.0 Å². The predicted molar refractivity (Wildman–Crippen MR) is 94.7 cm³/mol. The Morgan fingerprint density at radius 2 is 2.08 bits per heavy atom. The predicted octanol–water partition coefficient (Wildman–Crippen LogP) is 1.47. The Kier molecular flexibility index (Phi) is 4.47. The van der Waals surface area contributed by atoms with Gasteiger partial charge in [0.05, 0.1) is 5.25 Å². The number of nitrogens with zero attached hydrogens (tertiary/aromatic N) is 2. The molecule has 0 spiro atoms. The molecular weight excluding hydrogens is 326 g/mol. The molecule has 1 unspecified atom stereocenters. The monoisotopic (exact) mass is 347 g/mol. The minimum Gasteiger partial charge on any atom is -0.350 e. The number of carbonyl (C=O) groups is 1. The second-order valence-electron chi connectivity index (χ2n) is 6.18. The molecule has 128 valence electrons. The zero-order valence-electron chi connectivity index (χ0n) is 13.6. The van der Waals surface area contributed by atoms with Gasteiger partial charge in [-0.05, 0) is 25.0 Å². The smallest absolute Gasteiger partial charge is 0.246 e. The minimum absolute atomic E-state index is 0.164. The number of hydrogen-bond acceptors (Lipinski definition) is 3. The van der Waals surface area contributed by atoms with Gasteiger partial charge in [0.2, 0.25) is 15.9 Å². The summed E-state index contributed by atoms with van der Waals surface area (Å²) < 4.78 is 25.0. The molecule has 0 bridgehead atoms. The van der Waals surface area contributed by atoms with Gasteiger partial charge in [0.15, 0.2) is 0 Å². The molecule has 3 rings (SSSR count). The van der Waals surface area contributed by atoms with Crippen molar-refractivity contribution in [2.45, 2.75) is 18.1 Å². The minimum atomic E-state index is -3.61. The van der Waals surface area contributed by atoms with E-state index in [1.807, 2.05) is 42.1 Å². The molecule has 1 aliphatic heterocycles. The summed E-state index contributed by atoms with van der Waals surface area (Å²) in [6, 6.07) is 7.97. The summed E-state index contributed by atoms with van der Waals surface area (Å²) in [7, 11) is -1.65. The third-order valence-corrected chi connectivity index (χ3v) is 5.80. The number of piperidine rings is 1. The van der Waals surface area contributed by atoms with Gasteiger partial charge in [-0.15, -0.1) is 0 Å². The molecule has 24 heavy (non-hydrogen) atoms. The Hall–Kier alpha value is -2.12. The summed E-state index contributed by atoms with van der Waals surface area (Å²) in [5.74, 6) is -0.184. The Bertz CT molecular complexity index is 899. The summed E-state index contributed by atoms with van der Waals surface area (Å²) in [6.07, 6.45) is 6.42. The molecule has 1 saturated heterocycles. The normalized spacial score (nSPS) is 19.2. The summed E-state index contributed by atoms with van der Waals surface area (Å²) in [5.41, 5.74) is 2.05. The van der Waals surface area contributed by atoms with E-state index in [1.165, 1.54) is 6.08 Å². The van der Waals surface area contributed by atoms with Crippen LogP contribution in [0.1, 0.15) is 18.4 Å². The van der Waals surface area contributed by atoms with Gasteiger partial charge in [-0.25, -0.2) is 13.6 Å². The van der Waals surface area contributed by atoms with Crippen molar-refractivity contribution in [2.24, 2.45) is 12.2 Å². The van der Waals surface area contributed by atoms with E-state index < -0.39 is 15.3 Å². The first-order valence-electron chi connectivity index (χ1n) is 7.89. The zero-order chi connectivity index (χ0) is 17.3. The van der Waals surface area contributed by atoms with E-state index in [0.29, 0.717) is 19.4 Å². The molecule has 2 aromatic rings. The Labute approximate surface area is 141 Å². The molecule has 6 nitrogen and oxygen atoms in total. The van der Waals surface area contributed by atoms with Gasteiger partial charge in [0, 0.05) is 48.9 Å². The van der Waals surface area contributed by atoms with Crippen LogP contribution in [0.15, 0.2) is 36.5 Å². The van der Waals surface area contributed by atoms with Gasteiger partial charge >= 0.3 is 0 Å². The number of nitrogens with two attached hydrogens (primary N) is 1. The molecule has 2 N–H and O–H groups in total. The summed E-state index contributed by atoms with van der Waals surface area (Å²) in [4.78, 5) is 13.9. The van der Waals surface area contributed by atoms with Crippen LogP contribution < -0.4 is 5.14 Å². The second kappa shape index (κ2) is 6.41. The molecule has 0 radical (unpaired) electrons. The number of primary sulfonamides is 1. The van der Waals surface area contributed by atoms with Crippen molar-refractivity contribution < 1.29 is 13.2 Å². The van der Waals surface area contributed by atoms with Crippen LogP contribution in [0.2, 0.25) is 0 Å². The molecule has 1 amide bonds. The van der Waals surface area contributed by atoms with Crippen LogP contribution in [-0.4, -0.2) is 42.1 Å². The molecular formula is C17H21N3O3S. The summed E-state index contributed by atoms with van der Waals surface area (Å²) in [6.45, 7) is 0.724. The van der Waals surface area contributed by atoms with E-state index in [2.05, 4.69) is 0 Å². The standard InChI is InChI=1S/C17H21N3O3S/c1-19-11-13(15-6-2-3-7-16(15)19)8-9-17(21)20-10-4-5-14(12-20)24(18,22)23/h2-3,6-9,11,14H,4-5,10,12H2,1H3,(H2,18,22,23)/b9-8+. The Morgan fingerprint density at radius 1 is 1.33 bits per heavy atom. The van der Waals surface area contributed by atoms with Crippen LogP contribution in [0.4, 0.5) is 0 Å². The SMILES string of the molecule is Cn1cc(/C=C/C(=O)N2CCCC(S(N)(=O)=O)C2)c2ccccc21. The maximum Gasteiger partial charge on any atom is 0.246 e. The third-order valence-electron chi connectivity index (χ3n) is 4.49. The lowest BCUT2D eigenvalue weighted by Gasteiger charge is -2.30. The molecule has 7 heteroatoms. The average molecular weight is 347 g/mol. The molecule has 2 heterocycles. The fraction of sp³-hybridized carbons (Fsp3) is 0.353. The van der Waals surface area contributed by atoms with Crippen molar-refractivity contribution >= 4 is 32.9 Å². The van der Waals surface area contributed by atoms with Gasteiger partial charge in [0.1, 0.15) is 0 Å². The fourth-order valence-corrected chi connectivity index (χ4v) is 4.06. The molecule has 1 aromatic heterocycles. The van der Waals surface area contributed by atoms with E-state index in [-0.39, 0.29) is 12.5 Å². The number of para-hydroxylation sites is 1. The molecule has 1 aliphatic rings. The van der Waals surface area contributed by atoms with E-state index >= 15 is 0 Å². The van der Waals surface area contributed by atoms with Gasteiger partial charge in [-0.2, -0.15) is 0 Å². The average Bonchev–Trinajstić information content (AvgIpc) is 2.89. The largest absolute Gasteiger partial charge is 0.350 e. The van der Waals surface area contributed by atoms with Crippen LogP contribution in [-0.2, 0) is 21.9 Å². The number of sulfonamides is 1. The molecule has 0 saturated carbocycles. The lowest BCUT2D eigenvalue weighted by Crippen LogP contribution is -2.46. The maximum absolute atomic E-state index is 12.4. The maximum atomic E-state index is 12.4. The van der Waals surface area contributed by atoms with Gasteiger partial charge in [-0.1, -0.05) is 18.2 Å². The van der Waals surface area contributed by atoms with E-state index in [1.54, 1.807) is 11.0 Å². The van der Waals surface area contributed by atoms with Crippen LogP contribution in [0.5, 0.6) is 0 Å². The highest BCUT2D eigenvalue weighted by Gasteiger charge is 2.29. The highest BCUT2D eigenvalue weighted by molar-refractivity contribution is 7.89. The van der Waals surface area contributed by atoms with Crippen LogP contribution in [0.3, 0.4) is 0 Å². The number of aryl methyl sites for hydroxylation is 1.